The van der Waals surface area contributed by atoms with Gasteiger partial charge in [0, 0.05) is 17.0 Å². The number of hydrogen-bond acceptors (Lipinski definition) is 7. The van der Waals surface area contributed by atoms with Gasteiger partial charge in [0.25, 0.3) is 5.03 Å². The lowest BCUT2D eigenvalue weighted by Gasteiger charge is -2.17. The molecule has 1 aliphatic carbocycles. The SMILES string of the molecule is Cc1ccc(-[n+]2noc([O-])c2SCC(=O)Nc2sc3c(c2C#N)CCC(C)C3)cc1. The van der Waals surface area contributed by atoms with Crippen molar-refractivity contribution >= 4 is 34.0 Å². The number of nitrogens with zero attached hydrogens (tertiary/aromatic N) is 3. The van der Waals surface area contributed by atoms with Crippen molar-refractivity contribution in [3.8, 4) is 17.7 Å². The number of thiophene rings is 1. The predicted molar refractivity (Wildman–Crippen MR) is 112 cm³/mol. The Kier molecular flexibility index (Phi) is 5.79. The monoisotopic (exact) mass is 440 g/mol. The molecule has 30 heavy (non-hydrogen) atoms. The lowest BCUT2D eigenvalue weighted by Crippen LogP contribution is -2.35. The fraction of sp³-hybridized carbons (Fsp3) is 0.333. The first-order valence-corrected chi connectivity index (χ1v) is 11.4. The number of aryl methyl sites for hydroxylation is 1. The molecule has 0 aliphatic heterocycles. The van der Waals surface area contributed by atoms with Gasteiger partial charge in [0.05, 0.1) is 16.6 Å². The third kappa shape index (κ3) is 4.06. The van der Waals surface area contributed by atoms with Crippen molar-refractivity contribution in [3.05, 3.63) is 45.8 Å². The minimum Gasteiger partial charge on any atom is -0.538 e. The third-order valence-corrected chi connectivity index (χ3v) is 7.26. The van der Waals surface area contributed by atoms with Gasteiger partial charge >= 0.3 is 0 Å². The summed E-state index contributed by atoms with van der Waals surface area (Å²) >= 11 is 2.54. The molecular formula is C21H20N4O3S2. The second-order valence-corrected chi connectivity index (χ2v) is 9.49. The van der Waals surface area contributed by atoms with E-state index in [2.05, 4.69) is 23.6 Å². The minimum atomic E-state index is -0.591. The van der Waals surface area contributed by atoms with Gasteiger partial charge < -0.3 is 14.9 Å². The van der Waals surface area contributed by atoms with E-state index >= 15 is 0 Å². The molecule has 3 aromatic rings. The number of aromatic nitrogens is 2. The Labute approximate surface area is 182 Å². The molecule has 0 spiro atoms. The molecule has 0 bridgehead atoms. The van der Waals surface area contributed by atoms with Crippen LogP contribution in [0.5, 0.6) is 5.95 Å². The molecule has 1 aromatic carbocycles. The molecule has 4 rings (SSSR count). The first-order valence-electron chi connectivity index (χ1n) is 9.59. The number of carbonyl (C=O) groups is 1. The molecule has 1 aliphatic rings. The summed E-state index contributed by atoms with van der Waals surface area (Å²) < 4.78 is 6.19. The molecule has 154 valence electrons. The first-order chi connectivity index (χ1) is 14.5. The van der Waals surface area contributed by atoms with E-state index in [1.54, 1.807) is 0 Å². The van der Waals surface area contributed by atoms with Gasteiger partial charge in [-0.3, -0.25) is 4.79 Å². The average molecular weight is 441 g/mol. The number of carbonyl (C=O) groups excluding carboxylic acids is 1. The van der Waals surface area contributed by atoms with E-state index in [0.717, 1.165) is 42.2 Å². The summed E-state index contributed by atoms with van der Waals surface area (Å²) in [5.41, 5.74) is 3.41. The molecule has 1 amide bonds. The van der Waals surface area contributed by atoms with E-state index in [4.69, 9.17) is 4.52 Å². The quantitative estimate of drug-likeness (QED) is 0.483. The molecule has 2 aromatic heterocycles. The Morgan fingerprint density at radius 1 is 1.47 bits per heavy atom. The van der Waals surface area contributed by atoms with Crippen LogP contribution >= 0.6 is 23.1 Å². The number of amides is 1. The maximum Gasteiger partial charge on any atom is 0.298 e. The second-order valence-electron chi connectivity index (χ2n) is 7.42. The van der Waals surface area contributed by atoms with E-state index in [1.165, 1.54) is 20.9 Å². The Bertz CT molecular complexity index is 1130. The van der Waals surface area contributed by atoms with Gasteiger partial charge in [-0.05, 0) is 54.1 Å². The van der Waals surface area contributed by atoms with Crippen LogP contribution in [0.25, 0.3) is 5.69 Å². The van der Waals surface area contributed by atoms with Crippen LogP contribution in [0.15, 0.2) is 33.8 Å². The molecule has 7 nitrogen and oxygen atoms in total. The smallest absolute Gasteiger partial charge is 0.298 e. The van der Waals surface area contributed by atoms with Crippen molar-refractivity contribution < 1.29 is 19.1 Å². The van der Waals surface area contributed by atoms with Gasteiger partial charge in [0.15, 0.2) is 5.95 Å². The van der Waals surface area contributed by atoms with Crippen molar-refractivity contribution in [2.75, 3.05) is 11.1 Å². The topological polar surface area (TPSA) is 106 Å². The summed E-state index contributed by atoms with van der Waals surface area (Å²) in [6.45, 7) is 4.17. The van der Waals surface area contributed by atoms with E-state index in [1.807, 2.05) is 31.2 Å². The second kappa shape index (κ2) is 8.50. The standard InChI is InChI=1S/C21H20N4O3S2/c1-12-3-6-14(7-4-12)25-20(21(27)28-24-25)29-11-18(26)23-19-16(10-22)15-8-5-13(2)9-17(15)30-19/h3-4,6-7,13H,5,8-9,11H2,1-2H3,(H-,23,24,26,27). The predicted octanol–water partition coefficient (Wildman–Crippen LogP) is 3.12. The third-order valence-electron chi connectivity index (χ3n) is 5.07. The van der Waals surface area contributed by atoms with Crippen LogP contribution in [0.2, 0.25) is 0 Å². The average Bonchev–Trinajstić information content (AvgIpc) is 3.25. The van der Waals surface area contributed by atoms with Gasteiger partial charge in [-0.25, -0.2) is 0 Å². The Balaban J connectivity index is 1.47. The van der Waals surface area contributed by atoms with Crippen LogP contribution in [0.3, 0.4) is 0 Å². The molecule has 9 heteroatoms. The molecule has 0 fully saturated rings. The number of hydrogen-bond donors (Lipinski definition) is 1. The minimum absolute atomic E-state index is 0.00610. The Morgan fingerprint density at radius 2 is 2.23 bits per heavy atom. The van der Waals surface area contributed by atoms with E-state index in [0.29, 0.717) is 22.2 Å². The van der Waals surface area contributed by atoms with Gasteiger partial charge in [0.2, 0.25) is 11.6 Å². The number of thioether (sulfide) groups is 1. The van der Waals surface area contributed by atoms with Crippen LogP contribution in [0.4, 0.5) is 5.00 Å². The fourth-order valence-electron chi connectivity index (χ4n) is 3.46. The van der Waals surface area contributed by atoms with Crippen LogP contribution in [-0.4, -0.2) is 16.9 Å². The summed E-state index contributed by atoms with van der Waals surface area (Å²) in [6, 6.07) is 9.73. The van der Waals surface area contributed by atoms with Crippen molar-refractivity contribution in [2.24, 2.45) is 5.92 Å². The van der Waals surface area contributed by atoms with Gasteiger partial charge in [-0.1, -0.05) is 24.6 Å². The van der Waals surface area contributed by atoms with Gasteiger partial charge in [-0.15, -0.1) is 11.3 Å². The normalized spacial score (nSPS) is 15.4. The summed E-state index contributed by atoms with van der Waals surface area (Å²) in [5.74, 6) is -0.277. The van der Waals surface area contributed by atoms with Gasteiger partial charge in [-0.2, -0.15) is 5.26 Å². The van der Waals surface area contributed by atoms with E-state index in [-0.39, 0.29) is 16.7 Å². The molecule has 1 atom stereocenters. The van der Waals surface area contributed by atoms with Crippen LogP contribution in [-0.2, 0) is 17.6 Å². The number of nitrogens with one attached hydrogen (secondary N) is 1. The van der Waals surface area contributed by atoms with Crippen LogP contribution in [0.1, 0.15) is 34.9 Å². The number of rotatable bonds is 5. The lowest BCUT2D eigenvalue weighted by molar-refractivity contribution is -0.705. The molecular weight excluding hydrogens is 420 g/mol. The zero-order chi connectivity index (χ0) is 21.3. The number of anilines is 1. The summed E-state index contributed by atoms with van der Waals surface area (Å²) in [7, 11) is 0. The molecule has 0 radical (unpaired) electrons. The van der Waals surface area contributed by atoms with Gasteiger partial charge in [0.1, 0.15) is 11.1 Å². The Morgan fingerprint density at radius 3 is 2.97 bits per heavy atom. The fourth-order valence-corrected chi connectivity index (χ4v) is 5.60. The number of fused-ring (bicyclic) bond motifs is 1. The lowest BCUT2D eigenvalue weighted by atomic mass is 9.89. The highest BCUT2D eigenvalue weighted by Gasteiger charge is 2.26. The molecule has 0 saturated heterocycles. The summed E-state index contributed by atoms with van der Waals surface area (Å²) in [4.78, 5) is 13.7. The maximum absolute atomic E-state index is 12.6. The molecule has 1 unspecified atom stereocenters. The van der Waals surface area contributed by atoms with Crippen LogP contribution < -0.4 is 15.1 Å². The zero-order valence-electron chi connectivity index (χ0n) is 16.6. The first kappa shape index (κ1) is 20.4. The zero-order valence-corrected chi connectivity index (χ0v) is 18.2. The Hall–Kier alpha value is -2.83. The largest absolute Gasteiger partial charge is 0.538 e. The molecule has 1 N–H and O–H groups in total. The highest BCUT2D eigenvalue weighted by Crippen LogP contribution is 2.39. The maximum atomic E-state index is 12.6. The van der Waals surface area contributed by atoms with E-state index < -0.39 is 5.95 Å². The van der Waals surface area contributed by atoms with Crippen molar-refractivity contribution in [1.82, 2.24) is 5.27 Å². The van der Waals surface area contributed by atoms with Crippen LogP contribution in [0, 0.1) is 24.2 Å². The number of benzene rings is 1. The number of nitriles is 1. The summed E-state index contributed by atoms with van der Waals surface area (Å²) in [5, 5.41) is 29.1. The van der Waals surface area contributed by atoms with Crippen molar-refractivity contribution in [2.45, 2.75) is 38.1 Å². The van der Waals surface area contributed by atoms with Crippen molar-refractivity contribution in [3.63, 3.8) is 0 Å². The van der Waals surface area contributed by atoms with E-state index in [9.17, 15) is 15.2 Å². The highest BCUT2D eigenvalue weighted by molar-refractivity contribution is 7.99. The van der Waals surface area contributed by atoms with Crippen molar-refractivity contribution in [1.29, 1.82) is 5.26 Å². The molecule has 2 heterocycles. The molecule has 0 saturated carbocycles. The highest BCUT2D eigenvalue weighted by atomic mass is 32.2. The summed E-state index contributed by atoms with van der Waals surface area (Å²) in [6.07, 6.45) is 2.87.